The summed E-state index contributed by atoms with van der Waals surface area (Å²) in [5, 5.41) is 2.65. The average Bonchev–Trinajstić information content (AvgIpc) is 3.36. The third-order valence-corrected chi connectivity index (χ3v) is 7.54. The summed E-state index contributed by atoms with van der Waals surface area (Å²) < 4.78 is 20.5. The van der Waals surface area contributed by atoms with Crippen molar-refractivity contribution in [3.8, 4) is 0 Å². The molecule has 0 aliphatic carbocycles. The number of halogens is 1. The third-order valence-electron chi connectivity index (χ3n) is 6.66. The Labute approximate surface area is 193 Å². The van der Waals surface area contributed by atoms with Crippen LogP contribution in [0.25, 0.3) is 0 Å². The van der Waals surface area contributed by atoms with Crippen LogP contribution >= 0.6 is 11.8 Å². The molecule has 3 aliphatic rings. The predicted octanol–water partition coefficient (Wildman–Crippen LogP) is 2.94. The molecule has 0 radical (unpaired) electrons. The van der Waals surface area contributed by atoms with E-state index in [9.17, 15) is 9.59 Å². The molecule has 4 rings (SSSR count). The molecular formula is C23H33FN4O3S. The SMILES string of the molecule is CCSCCN1CCCC2CN(c3ccc(N4CC(CNC(C)=O)OC4=O)cc3F)C[C@@H]21. The molecule has 1 aromatic rings. The first-order chi connectivity index (χ1) is 15.5. The van der Waals surface area contributed by atoms with E-state index in [2.05, 4.69) is 22.0 Å². The second kappa shape index (κ2) is 10.3. The molecule has 3 saturated heterocycles. The minimum Gasteiger partial charge on any atom is -0.442 e. The van der Waals surface area contributed by atoms with Crippen molar-refractivity contribution in [1.82, 2.24) is 10.2 Å². The van der Waals surface area contributed by atoms with E-state index < -0.39 is 12.2 Å². The Hall–Kier alpha value is -2.00. The summed E-state index contributed by atoms with van der Waals surface area (Å²) in [5.41, 5.74) is 1.09. The van der Waals surface area contributed by atoms with E-state index in [4.69, 9.17) is 4.74 Å². The number of ether oxygens (including phenoxy) is 1. The van der Waals surface area contributed by atoms with Gasteiger partial charge in [-0.15, -0.1) is 0 Å². The third kappa shape index (κ3) is 5.14. The first-order valence-electron chi connectivity index (χ1n) is 11.5. The molecule has 0 saturated carbocycles. The smallest absolute Gasteiger partial charge is 0.414 e. The number of cyclic esters (lactones) is 1. The lowest BCUT2D eigenvalue weighted by Crippen LogP contribution is -2.46. The predicted molar refractivity (Wildman–Crippen MR) is 126 cm³/mol. The highest BCUT2D eigenvalue weighted by Gasteiger charge is 2.39. The van der Waals surface area contributed by atoms with E-state index in [0.29, 0.717) is 23.3 Å². The highest BCUT2D eigenvalue weighted by Crippen LogP contribution is 2.36. The molecule has 32 heavy (non-hydrogen) atoms. The number of rotatable bonds is 8. The van der Waals surface area contributed by atoms with Gasteiger partial charge >= 0.3 is 6.09 Å². The summed E-state index contributed by atoms with van der Waals surface area (Å²) in [6.07, 6.45) is 1.46. The van der Waals surface area contributed by atoms with Crippen molar-refractivity contribution in [1.29, 1.82) is 0 Å². The van der Waals surface area contributed by atoms with Crippen LogP contribution in [0.5, 0.6) is 0 Å². The number of anilines is 2. The summed E-state index contributed by atoms with van der Waals surface area (Å²) in [5.74, 6) is 2.38. The lowest BCUT2D eigenvalue weighted by atomic mass is 9.92. The lowest BCUT2D eigenvalue weighted by Gasteiger charge is -2.36. The number of nitrogens with one attached hydrogen (secondary N) is 1. The Morgan fingerprint density at radius 1 is 1.31 bits per heavy atom. The minimum absolute atomic E-state index is 0.177. The normalized spacial score (nSPS) is 25.7. The Kier molecular flexibility index (Phi) is 7.45. The molecule has 3 fully saturated rings. The Balaban J connectivity index is 1.40. The molecule has 0 spiro atoms. The van der Waals surface area contributed by atoms with Crippen LogP contribution < -0.4 is 15.1 Å². The number of hydrogen-bond acceptors (Lipinski definition) is 6. The van der Waals surface area contributed by atoms with E-state index in [1.807, 2.05) is 11.8 Å². The lowest BCUT2D eigenvalue weighted by molar-refractivity contribution is -0.119. The highest BCUT2D eigenvalue weighted by molar-refractivity contribution is 7.99. The van der Waals surface area contributed by atoms with Gasteiger partial charge in [0, 0.05) is 38.4 Å². The zero-order chi connectivity index (χ0) is 22.7. The van der Waals surface area contributed by atoms with Gasteiger partial charge in [-0.25, -0.2) is 9.18 Å². The fourth-order valence-electron chi connectivity index (χ4n) is 5.09. The molecule has 2 amide bonds. The number of benzene rings is 1. The number of carbonyl (C=O) groups is 2. The van der Waals surface area contributed by atoms with Gasteiger partial charge in [-0.1, -0.05) is 6.92 Å². The Morgan fingerprint density at radius 3 is 2.91 bits per heavy atom. The molecule has 3 atom stereocenters. The highest BCUT2D eigenvalue weighted by atomic mass is 32.2. The number of likely N-dealkylation sites (tertiary alicyclic amines) is 1. The molecule has 3 heterocycles. The summed E-state index contributed by atoms with van der Waals surface area (Å²) in [7, 11) is 0. The number of carbonyl (C=O) groups excluding carboxylic acids is 2. The summed E-state index contributed by atoms with van der Waals surface area (Å²) in [6, 6.07) is 5.49. The standard InChI is InChI=1S/C23H33FN4O3S/c1-3-32-10-9-26-8-4-5-17-13-27(15-22(17)26)21-7-6-18(11-20(21)24)28-14-19(31-23(28)30)12-25-16(2)29/h6-7,11,17,19,22H,3-5,8-10,12-15H2,1-2H3,(H,25,29)/t17?,19?,22-/m0/s1. The number of fused-ring (bicyclic) bond motifs is 1. The van der Waals surface area contributed by atoms with Crippen LogP contribution in [-0.2, 0) is 9.53 Å². The van der Waals surface area contributed by atoms with E-state index in [1.54, 1.807) is 12.1 Å². The molecule has 1 N–H and O–H groups in total. The van der Waals surface area contributed by atoms with Gasteiger partial charge in [-0.2, -0.15) is 11.8 Å². The first kappa shape index (κ1) is 23.2. The largest absolute Gasteiger partial charge is 0.442 e. The number of nitrogens with zero attached hydrogens (tertiary/aromatic N) is 3. The zero-order valence-electron chi connectivity index (χ0n) is 18.9. The van der Waals surface area contributed by atoms with Gasteiger partial charge in [0.15, 0.2) is 0 Å². The van der Waals surface area contributed by atoms with Crippen LogP contribution in [-0.4, -0.2) is 79.8 Å². The number of amides is 2. The summed E-state index contributed by atoms with van der Waals surface area (Å²) >= 11 is 1.98. The topological polar surface area (TPSA) is 65.1 Å². The van der Waals surface area contributed by atoms with Crippen LogP contribution in [0.4, 0.5) is 20.6 Å². The van der Waals surface area contributed by atoms with Gasteiger partial charge in [0.2, 0.25) is 5.91 Å². The maximum absolute atomic E-state index is 15.2. The molecular weight excluding hydrogens is 431 g/mol. The van der Waals surface area contributed by atoms with E-state index >= 15 is 4.39 Å². The van der Waals surface area contributed by atoms with Gasteiger partial charge in [-0.05, 0) is 49.3 Å². The van der Waals surface area contributed by atoms with Gasteiger partial charge in [0.05, 0.1) is 24.5 Å². The van der Waals surface area contributed by atoms with Crippen molar-refractivity contribution < 1.29 is 18.7 Å². The number of thioether (sulfide) groups is 1. The second-order valence-corrected chi connectivity index (χ2v) is 10.2. The minimum atomic E-state index is -0.514. The molecule has 0 bridgehead atoms. The van der Waals surface area contributed by atoms with Gasteiger partial charge in [0.25, 0.3) is 0 Å². The Morgan fingerprint density at radius 2 is 2.16 bits per heavy atom. The van der Waals surface area contributed by atoms with E-state index in [1.165, 1.54) is 30.7 Å². The molecule has 2 unspecified atom stereocenters. The summed E-state index contributed by atoms with van der Waals surface area (Å²) in [6.45, 7) is 8.12. The zero-order valence-corrected chi connectivity index (χ0v) is 19.7. The van der Waals surface area contributed by atoms with Crippen LogP contribution in [0.3, 0.4) is 0 Å². The Bertz CT molecular complexity index is 841. The van der Waals surface area contributed by atoms with Crippen molar-refractivity contribution in [3.05, 3.63) is 24.0 Å². The first-order valence-corrected chi connectivity index (χ1v) is 12.7. The number of piperidine rings is 1. The van der Waals surface area contributed by atoms with E-state index in [-0.39, 0.29) is 24.8 Å². The van der Waals surface area contributed by atoms with Crippen molar-refractivity contribution in [2.45, 2.75) is 38.8 Å². The molecule has 3 aliphatic heterocycles. The average molecular weight is 465 g/mol. The van der Waals surface area contributed by atoms with Crippen LogP contribution in [0, 0.1) is 11.7 Å². The fraction of sp³-hybridized carbons (Fsp3) is 0.652. The van der Waals surface area contributed by atoms with Crippen LogP contribution in [0.1, 0.15) is 26.7 Å². The fourth-order valence-corrected chi connectivity index (χ4v) is 5.74. The van der Waals surface area contributed by atoms with E-state index in [0.717, 1.165) is 37.7 Å². The van der Waals surface area contributed by atoms with Gasteiger partial charge < -0.3 is 15.0 Å². The summed E-state index contributed by atoms with van der Waals surface area (Å²) in [4.78, 5) is 29.5. The molecule has 9 heteroatoms. The molecule has 176 valence electrons. The maximum Gasteiger partial charge on any atom is 0.414 e. The molecule has 7 nitrogen and oxygen atoms in total. The van der Waals surface area contributed by atoms with Gasteiger partial charge in [-0.3, -0.25) is 14.6 Å². The number of hydrogen-bond donors (Lipinski definition) is 1. The molecule has 0 aromatic heterocycles. The maximum atomic E-state index is 15.2. The van der Waals surface area contributed by atoms with Crippen LogP contribution in [0.15, 0.2) is 18.2 Å². The van der Waals surface area contributed by atoms with Crippen molar-refractivity contribution in [2.24, 2.45) is 5.92 Å². The van der Waals surface area contributed by atoms with Crippen molar-refractivity contribution in [3.63, 3.8) is 0 Å². The second-order valence-electron chi connectivity index (χ2n) is 8.80. The van der Waals surface area contributed by atoms with Crippen molar-refractivity contribution >= 4 is 35.1 Å². The quantitative estimate of drug-likeness (QED) is 0.597. The monoisotopic (exact) mass is 464 g/mol. The van der Waals surface area contributed by atoms with Crippen LogP contribution in [0.2, 0.25) is 0 Å². The molecule has 1 aromatic carbocycles. The van der Waals surface area contributed by atoms with Crippen molar-refractivity contribution in [2.75, 3.05) is 60.6 Å². The van der Waals surface area contributed by atoms with Gasteiger partial charge in [0.1, 0.15) is 11.9 Å².